The molecule has 1 atom stereocenters. The second kappa shape index (κ2) is 6.60. The van der Waals surface area contributed by atoms with E-state index >= 15 is 0 Å². The lowest BCUT2D eigenvalue weighted by atomic mass is 10.1. The number of pyridine rings is 1. The molecule has 1 unspecified atom stereocenters. The Balaban J connectivity index is 2.37. The number of anilines is 1. The van der Waals surface area contributed by atoms with E-state index in [0.717, 1.165) is 23.0 Å². The van der Waals surface area contributed by atoms with E-state index in [1.165, 1.54) is 0 Å². The Hall–Kier alpha value is -0.940. The molecule has 3 N–H and O–H groups in total. The summed E-state index contributed by atoms with van der Waals surface area (Å²) in [5.74, 6) is 0.00699. The van der Waals surface area contributed by atoms with E-state index in [9.17, 15) is 4.79 Å². The second-order valence-electron chi connectivity index (χ2n) is 3.77. The van der Waals surface area contributed by atoms with E-state index in [-0.39, 0.29) is 11.9 Å². The summed E-state index contributed by atoms with van der Waals surface area (Å²) in [6.45, 7) is 1.94. The zero-order chi connectivity index (χ0) is 12.0. The van der Waals surface area contributed by atoms with Crippen molar-refractivity contribution in [3.8, 4) is 0 Å². The number of carbonyl (C=O) groups excluding carboxylic acids is 1. The van der Waals surface area contributed by atoms with E-state index in [1.54, 1.807) is 18.5 Å². The minimum absolute atomic E-state index is 0.00699. The Bertz CT molecular complexity index is 355. The third kappa shape index (κ3) is 4.72. The molecule has 1 heterocycles. The van der Waals surface area contributed by atoms with Crippen molar-refractivity contribution in [2.24, 2.45) is 5.73 Å². The Morgan fingerprint density at radius 3 is 3.06 bits per heavy atom. The number of nitrogens with one attached hydrogen (secondary N) is 1. The van der Waals surface area contributed by atoms with Crippen LogP contribution in [-0.2, 0) is 4.79 Å². The number of hydrogen-bond acceptors (Lipinski definition) is 3. The van der Waals surface area contributed by atoms with Crippen LogP contribution in [-0.4, -0.2) is 16.9 Å². The first-order chi connectivity index (χ1) is 7.59. The van der Waals surface area contributed by atoms with E-state index in [2.05, 4.69) is 26.2 Å². The smallest absolute Gasteiger partial charge is 0.224 e. The van der Waals surface area contributed by atoms with Crippen LogP contribution in [0.25, 0.3) is 0 Å². The normalized spacial score (nSPS) is 12.2. The van der Waals surface area contributed by atoms with Gasteiger partial charge in [0, 0.05) is 24.9 Å². The number of halogens is 1. The Kier molecular flexibility index (Phi) is 5.42. The van der Waals surface area contributed by atoms with Gasteiger partial charge in [0.25, 0.3) is 0 Å². The maximum absolute atomic E-state index is 11.6. The van der Waals surface area contributed by atoms with Crippen molar-refractivity contribution in [2.75, 3.05) is 5.32 Å². The number of carbonyl (C=O) groups is 1. The average Bonchev–Trinajstić information content (AvgIpc) is 2.21. The van der Waals surface area contributed by atoms with Crippen LogP contribution in [0.15, 0.2) is 22.9 Å². The third-order valence-electron chi connectivity index (χ3n) is 2.11. The van der Waals surface area contributed by atoms with Crippen LogP contribution in [0.4, 0.5) is 5.69 Å². The van der Waals surface area contributed by atoms with Crippen molar-refractivity contribution in [1.29, 1.82) is 0 Å². The first-order valence-corrected chi connectivity index (χ1v) is 6.04. The topological polar surface area (TPSA) is 68.0 Å². The van der Waals surface area contributed by atoms with E-state index in [1.807, 2.05) is 6.92 Å². The van der Waals surface area contributed by atoms with Gasteiger partial charge in [0.05, 0.1) is 10.2 Å². The molecule has 16 heavy (non-hydrogen) atoms. The van der Waals surface area contributed by atoms with Gasteiger partial charge in [-0.2, -0.15) is 0 Å². The molecule has 0 aliphatic rings. The van der Waals surface area contributed by atoms with Crippen LogP contribution in [0, 0.1) is 0 Å². The highest BCUT2D eigenvalue weighted by Crippen LogP contribution is 2.20. The Morgan fingerprint density at radius 2 is 2.44 bits per heavy atom. The summed E-state index contributed by atoms with van der Waals surface area (Å²) in [6, 6.07) is 1.91. The van der Waals surface area contributed by atoms with Gasteiger partial charge in [0.2, 0.25) is 5.91 Å². The Morgan fingerprint density at radius 1 is 1.69 bits per heavy atom. The number of nitrogens with zero attached hydrogens (tertiary/aromatic N) is 1. The van der Waals surface area contributed by atoms with Crippen LogP contribution in [0.5, 0.6) is 0 Å². The van der Waals surface area contributed by atoms with Gasteiger partial charge >= 0.3 is 0 Å². The molecular formula is C11H16BrN3O. The first-order valence-electron chi connectivity index (χ1n) is 5.24. The lowest BCUT2D eigenvalue weighted by Gasteiger charge is -2.07. The SMILES string of the molecule is CC(N)CCCC(=O)Nc1ccncc1Br. The fourth-order valence-corrected chi connectivity index (χ4v) is 1.62. The molecule has 0 aliphatic heterocycles. The predicted octanol–water partition coefficient (Wildman–Crippen LogP) is 2.30. The molecule has 0 fully saturated rings. The molecule has 0 bridgehead atoms. The second-order valence-corrected chi connectivity index (χ2v) is 4.63. The van der Waals surface area contributed by atoms with Gasteiger partial charge in [-0.1, -0.05) is 0 Å². The molecule has 0 saturated carbocycles. The first kappa shape index (κ1) is 13.1. The quantitative estimate of drug-likeness (QED) is 0.872. The van der Waals surface area contributed by atoms with Crippen LogP contribution < -0.4 is 11.1 Å². The summed E-state index contributed by atoms with van der Waals surface area (Å²) in [4.78, 5) is 15.5. The van der Waals surface area contributed by atoms with Gasteiger partial charge in [0.15, 0.2) is 0 Å². The van der Waals surface area contributed by atoms with Gasteiger partial charge in [-0.25, -0.2) is 0 Å². The third-order valence-corrected chi connectivity index (χ3v) is 2.74. The summed E-state index contributed by atoms with van der Waals surface area (Å²) >= 11 is 3.32. The molecule has 1 amide bonds. The van der Waals surface area contributed by atoms with Gasteiger partial charge in [-0.05, 0) is 41.8 Å². The number of aromatic nitrogens is 1. The minimum Gasteiger partial charge on any atom is -0.328 e. The average molecular weight is 286 g/mol. The van der Waals surface area contributed by atoms with E-state index in [4.69, 9.17) is 5.73 Å². The number of hydrogen-bond donors (Lipinski definition) is 2. The van der Waals surface area contributed by atoms with Crippen molar-refractivity contribution >= 4 is 27.5 Å². The maximum atomic E-state index is 11.6. The standard InChI is InChI=1S/C11H16BrN3O/c1-8(13)3-2-4-11(16)15-10-5-6-14-7-9(10)12/h5-8H,2-4,13H2,1H3,(H,14,15,16). The van der Waals surface area contributed by atoms with Gasteiger partial charge in [-0.3, -0.25) is 9.78 Å². The maximum Gasteiger partial charge on any atom is 0.224 e. The molecule has 5 heteroatoms. The highest BCUT2D eigenvalue weighted by molar-refractivity contribution is 9.10. The highest BCUT2D eigenvalue weighted by Gasteiger charge is 2.05. The van der Waals surface area contributed by atoms with Crippen molar-refractivity contribution < 1.29 is 4.79 Å². The van der Waals surface area contributed by atoms with E-state index in [0.29, 0.717) is 6.42 Å². The molecule has 1 aromatic heterocycles. The fourth-order valence-electron chi connectivity index (χ4n) is 1.27. The number of rotatable bonds is 5. The summed E-state index contributed by atoms with van der Waals surface area (Å²) in [5, 5.41) is 2.82. The predicted molar refractivity (Wildman–Crippen MR) is 68.1 cm³/mol. The van der Waals surface area contributed by atoms with Gasteiger partial charge in [-0.15, -0.1) is 0 Å². The molecule has 4 nitrogen and oxygen atoms in total. The molecule has 88 valence electrons. The summed E-state index contributed by atoms with van der Waals surface area (Å²) in [6.07, 6.45) is 5.47. The zero-order valence-corrected chi connectivity index (χ0v) is 10.8. The molecule has 0 radical (unpaired) electrons. The summed E-state index contributed by atoms with van der Waals surface area (Å²) < 4.78 is 0.788. The number of amides is 1. The van der Waals surface area contributed by atoms with Crippen LogP contribution in [0.1, 0.15) is 26.2 Å². The van der Waals surface area contributed by atoms with E-state index < -0.39 is 0 Å². The molecular weight excluding hydrogens is 270 g/mol. The molecule has 0 aliphatic carbocycles. The minimum atomic E-state index is 0.00699. The van der Waals surface area contributed by atoms with Crippen LogP contribution in [0.3, 0.4) is 0 Å². The molecule has 0 aromatic carbocycles. The van der Waals surface area contributed by atoms with Crippen molar-refractivity contribution in [3.63, 3.8) is 0 Å². The van der Waals surface area contributed by atoms with Crippen molar-refractivity contribution in [2.45, 2.75) is 32.2 Å². The van der Waals surface area contributed by atoms with Crippen LogP contribution >= 0.6 is 15.9 Å². The highest BCUT2D eigenvalue weighted by atomic mass is 79.9. The lowest BCUT2D eigenvalue weighted by molar-refractivity contribution is -0.116. The van der Waals surface area contributed by atoms with Gasteiger partial charge < -0.3 is 11.1 Å². The lowest BCUT2D eigenvalue weighted by Crippen LogP contribution is -2.17. The monoisotopic (exact) mass is 285 g/mol. The van der Waals surface area contributed by atoms with Crippen molar-refractivity contribution in [1.82, 2.24) is 4.98 Å². The summed E-state index contributed by atoms with van der Waals surface area (Å²) in [7, 11) is 0. The zero-order valence-electron chi connectivity index (χ0n) is 9.24. The van der Waals surface area contributed by atoms with Crippen molar-refractivity contribution in [3.05, 3.63) is 22.9 Å². The van der Waals surface area contributed by atoms with Gasteiger partial charge in [0.1, 0.15) is 0 Å². The fraction of sp³-hybridized carbons (Fsp3) is 0.455. The molecule has 0 saturated heterocycles. The number of nitrogens with two attached hydrogens (primary N) is 1. The molecule has 1 rings (SSSR count). The largest absolute Gasteiger partial charge is 0.328 e. The Labute approximate surface area is 104 Å². The molecule has 1 aromatic rings. The summed E-state index contributed by atoms with van der Waals surface area (Å²) in [5.41, 5.74) is 6.36. The molecule has 0 spiro atoms. The van der Waals surface area contributed by atoms with Crippen LogP contribution in [0.2, 0.25) is 0 Å².